The number of aromatic nitrogens is 2. The van der Waals surface area contributed by atoms with E-state index in [0.717, 1.165) is 6.42 Å². The minimum absolute atomic E-state index is 0.123. The van der Waals surface area contributed by atoms with Crippen LogP contribution in [-0.2, 0) is 20.9 Å². The highest BCUT2D eigenvalue weighted by atomic mass is 16.6. The molecule has 0 saturated heterocycles. The second kappa shape index (κ2) is 9.91. The molecule has 2 rings (SSSR count). The molecule has 1 unspecified atom stereocenters. The average Bonchev–Trinajstić information content (AvgIpc) is 3.13. The van der Waals surface area contributed by atoms with Crippen LogP contribution >= 0.6 is 0 Å². The number of nitrogens with zero attached hydrogens (tertiary/aromatic N) is 2. The van der Waals surface area contributed by atoms with E-state index in [4.69, 9.17) is 23.5 Å². The van der Waals surface area contributed by atoms with E-state index in [2.05, 4.69) is 24.0 Å². The van der Waals surface area contributed by atoms with Gasteiger partial charge in [0.2, 0.25) is 5.82 Å². The van der Waals surface area contributed by atoms with Crippen LogP contribution in [-0.4, -0.2) is 43.0 Å². The number of carbonyl (C=O) groups excluding carboxylic acids is 1. The maximum Gasteiger partial charge on any atom is 0.335 e. The van der Waals surface area contributed by atoms with Crippen molar-refractivity contribution >= 4 is 5.97 Å². The normalized spacial score (nSPS) is 12.1. The van der Waals surface area contributed by atoms with Crippen LogP contribution in [0.1, 0.15) is 33.1 Å². The molecule has 0 saturated carbocycles. The van der Waals surface area contributed by atoms with Crippen LogP contribution in [0.4, 0.5) is 0 Å². The number of benzene rings is 1. The quantitative estimate of drug-likeness (QED) is 0.582. The largest absolute Gasteiger partial charge is 0.497 e. The molecule has 0 bridgehead atoms. The lowest BCUT2D eigenvalue weighted by atomic mass is 10.1. The Labute approximate surface area is 158 Å². The lowest BCUT2D eigenvalue weighted by molar-refractivity contribution is -0.158. The van der Waals surface area contributed by atoms with Crippen molar-refractivity contribution in [3.8, 4) is 22.9 Å². The van der Waals surface area contributed by atoms with E-state index in [1.807, 2.05) is 0 Å². The van der Waals surface area contributed by atoms with Crippen molar-refractivity contribution in [1.82, 2.24) is 10.1 Å². The minimum atomic E-state index is -0.646. The van der Waals surface area contributed by atoms with Crippen molar-refractivity contribution in [3.63, 3.8) is 0 Å². The third kappa shape index (κ3) is 5.96. The van der Waals surface area contributed by atoms with E-state index in [1.54, 1.807) is 39.3 Å². The SMILES string of the molecule is COc1ccc(-c2noc(COC(=O)C(C)OCCC(C)C)n2)c(OC)c1. The van der Waals surface area contributed by atoms with Gasteiger partial charge in [0.05, 0.1) is 19.8 Å². The Bertz CT molecular complexity index is 744. The zero-order valence-corrected chi connectivity index (χ0v) is 16.4. The lowest BCUT2D eigenvalue weighted by Crippen LogP contribution is -2.24. The fourth-order valence-electron chi connectivity index (χ4n) is 2.20. The predicted octanol–water partition coefficient (Wildman–Crippen LogP) is 3.25. The van der Waals surface area contributed by atoms with Gasteiger partial charge in [-0.3, -0.25) is 0 Å². The molecule has 0 aliphatic heterocycles. The molecule has 27 heavy (non-hydrogen) atoms. The van der Waals surface area contributed by atoms with Crippen molar-refractivity contribution in [2.45, 2.75) is 39.9 Å². The third-order valence-electron chi connectivity index (χ3n) is 3.85. The highest BCUT2D eigenvalue weighted by Gasteiger charge is 2.18. The van der Waals surface area contributed by atoms with E-state index < -0.39 is 12.1 Å². The van der Waals surface area contributed by atoms with E-state index in [1.165, 1.54) is 0 Å². The molecule has 0 fully saturated rings. The zero-order chi connectivity index (χ0) is 19.8. The Hall–Kier alpha value is -2.61. The Morgan fingerprint density at radius 1 is 1.19 bits per heavy atom. The Morgan fingerprint density at radius 3 is 2.63 bits per heavy atom. The Kier molecular flexibility index (Phi) is 7.60. The molecule has 0 spiro atoms. The maximum absolute atomic E-state index is 12.0. The molecule has 1 aromatic heterocycles. The summed E-state index contributed by atoms with van der Waals surface area (Å²) in [5, 5.41) is 3.91. The van der Waals surface area contributed by atoms with Crippen LogP contribution in [0.2, 0.25) is 0 Å². The molecule has 1 heterocycles. The van der Waals surface area contributed by atoms with Gasteiger partial charge in [0.15, 0.2) is 12.7 Å². The van der Waals surface area contributed by atoms with Gasteiger partial charge >= 0.3 is 5.97 Å². The number of esters is 1. The summed E-state index contributed by atoms with van der Waals surface area (Å²) in [5.74, 6) is 1.76. The van der Waals surface area contributed by atoms with Gasteiger partial charge in [-0.1, -0.05) is 19.0 Å². The minimum Gasteiger partial charge on any atom is -0.497 e. The van der Waals surface area contributed by atoms with Crippen molar-refractivity contribution in [1.29, 1.82) is 0 Å². The molecule has 2 aromatic rings. The molecule has 1 atom stereocenters. The van der Waals surface area contributed by atoms with Gasteiger partial charge in [0.1, 0.15) is 11.5 Å². The van der Waals surface area contributed by atoms with Gasteiger partial charge < -0.3 is 23.5 Å². The van der Waals surface area contributed by atoms with E-state index in [9.17, 15) is 4.79 Å². The van der Waals surface area contributed by atoms with Crippen molar-refractivity contribution < 1.29 is 28.3 Å². The topological polar surface area (TPSA) is 92.9 Å². The maximum atomic E-state index is 12.0. The third-order valence-corrected chi connectivity index (χ3v) is 3.85. The predicted molar refractivity (Wildman–Crippen MR) is 97.5 cm³/mol. The molecular formula is C19H26N2O6. The van der Waals surface area contributed by atoms with Gasteiger partial charge in [-0.2, -0.15) is 4.98 Å². The van der Waals surface area contributed by atoms with Crippen LogP contribution in [0.3, 0.4) is 0 Å². The van der Waals surface area contributed by atoms with Gasteiger partial charge in [0.25, 0.3) is 5.89 Å². The van der Waals surface area contributed by atoms with Gasteiger partial charge in [-0.05, 0) is 31.4 Å². The highest BCUT2D eigenvalue weighted by Crippen LogP contribution is 2.31. The molecule has 0 radical (unpaired) electrons. The number of hydrogen-bond donors (Lipinski definition) is 0. The smallest absolute Gasteiger partial charge is 0.335 e. The summed E-state index contributed by atoms with van der Waals surface area (Å²) in [5.41, 5.74) is 0.644. The van der Waals surface area contributed by atoms with Crippen LogP contribution in [0.15, 0.2) is 22.7 Å². The first-order valence-corrected chi connectivity index (χ1v) is 8.77. The summed E-state index contributed by atoms with van der Waals surface area (Å²) in [7, 11) is 3.12. The first-order chi connectivity index (χ1) is 12.9. The monoisotopic (exact) mass is 378 g/mol. The standard InChI is InChI=1S/C19H26N2O6/c1-12(2)8-9-25-13(3)19(22)26-11-17-20-18(21-27-17)15-7-6-14(23-4)10-16(15)24-5/h6-7,10,12-13H,8-9,11H2,1-5H3. The summed E-state index contributed by atoms with van der Waals surface area (Å²) >= 11 is 0. The summed E-state index contributed by atoms with van der Waals surface area (Å²) in [4.78, 5) is 16.2. The summed E-state index contributed by atoms with van der Waals surface area (Å²) in [6, 6.07) is 5.26. The summed E-state index contributed by atoms with van der Waals surface area (Å²) in [6.45, 7) is 6.23. The Morgan fingerprint density at radius 2 is 1.96 bits per heavy atom. The summed E-state index contributed by atoms with van der Waals surface area (Å²) < 4.78 is 26.3. The first-order valence-electron chi connectivity index (χ1n) is 8.77. The second-order valence-corrected chi connectivity index (χ2v) is 6.38. The van der Waals surface area contributed by atoms with Crippen molar-refractivity contribution in [2.24, 2.45) is 5.92 Å². The molecule has 8 heteroatoms. The van der Waals surface area contributed by atoms with Gasteiger partial charge in [-0.25, -0.2) is 4.79 Å². The van der Waals surface area contributed by atoms with Crippen LogP contribution in [0.5, 0.6) is 11.5 Å². The van der Waals surface area contributed by atoms with Gasteiger partial charge in [-0.15, -0.1) is 0 Å². The number of methoxy groups -OCH3 is 2. The van der Waals surface area contributed by atoms with E-state index in [0.29, 0.717) is 35.4 Å². The number of rotatable bonds is 10. The zero-order valence-electron chi connectivity index (χ0n) is 16.4. The fraction of sp³-hybridized carbons (Fsp3) is 0.526. The molecule has 1 aromatic carbocycles. The second-order valence-electron chi connectivity index (χ2n) is 6.38. The van der Waals surface area contributed by atoms with Crippen LogP contribution in [0, 0.1) is 5.92 Å². The molecule has 0 aliphatic carbocycles. The van der Waals surface area contributed by atoms with Crippen LogP contribution < -0.4 is 9.47 Å². The summed E-state index contributed by atoms with van der Waals surface area (Å²) in [6.07, 6.45) is 0.238. The van der Waals surface area contributed by atoms with Gasteiger partial charge in [0, 0.05) is 12.7 Å². The highest BCUT2D eigenvalue weighted by molar-refractivity contribution is 5.74. The first kappa shape index (κ1) is 20.7. The number of hydrogen-bond acceptors (Lipinski definition) is 8. The van der Waals surface area contributed by atoms with Crippen LogP contribution in [0.25, 0.3) is 11.4 Å². The molecule has 0 aliphatic rings. The van der Waals surface area contributed by atoms with E-state index in [-0.39, 0.29) is 12.5 Å². The fourth-order valence-corrected chi connectivity index (χ4v) is 2.20. The number of ether oxygens (including phenoxy) is 4. The van der Waals surface area contributed by atoms with Crippen molar-refractivity contribution in [2.75, 3.05) is 20.8 Å². The molecular weight excluding hydrogens is 352 g/mol. The molecule has 8 nitrogen and oxygen atoms in total. The van der Waals surface area contributed by atoms with E-state index >= 15 is 0 Å². The van der Waals surface area contributed by atoms with Crippen molar-refractivity contribution in [3.05, 3.63) is 24.1 Å². The Balaban J connectivity index is 1.93. The lowest BCUT2D eigenvalue weighted by Gasteiger charge is -2.12. The molecule has 0 amide bonds. The molecule has 0 N–H and O–H groups in total. The molecule has 148 valence electrons. The average molecular weight is 378 g/mol. The number of carbonyl (C=O) groups is 1.